The first-order chi connectivity index (χ1) is 14.6. The topological polar surface area (TPSA) is 50.0 Å². The largest absolute Gasteiger partial charge is 1.00 e. The number of rotatable bonds is 13. The van der Waals surface area contributed by atoms with Crippen LogP contribution in [0.25, 0.3) is 0 Å². The lowest BCUT2D eigenvalue weighted by atomic mass is 9.85. The van der Waals surface area contributed by atoms with Gasteiger partial charge in [0.15, 0.2) is 0 Å². The van der Waals surface area contributed by atoms with Gasteiger partial charge in [-0.05, 0) is 43.2 Å². The minimum Gasteiger partial charge on any atom is -1.00 e. The fourth-order valence-corrected chi connectivity index (χ4v) is 4.43. The van der Waals surface area contributed by atoms with Gasteiger partial charge in [0.1, 0.15) is 24.4 Å². The normalized spacial score (nSPS) is 11.8. The minimum atomic E-state index is -0.301. The molecule has 2 aromatic carbocycles. The number of hydrogen-bond donors (Lipinski definition) is 0. The zero-order valence-electron chi connectivity index (χ0n) is 21.7. The van der Waals surface area contributed by atoms with Crippen molar-refractivity contribution in [1.82, 2.24) is 0 Å². The Bertz CT molecular complexity index is 768. The number of aryl methyl sites for hydroxylation is 1. The summed E-state index contributed by atoms with van der Waals surface area (Å²) in [7, 11) is 4.55. The number of likely N-dealkylation sites (N-methyl/N-ethyl adjacent to an activating group) is 1. The van der Waals surface area contributed by atoms with E-state index in [9.17, 15) is 0 Å². The highest BCUT2D eigenvalue weighted by Gasteiger charge is 2.35. The maximum absolute atomic E-state index is 6.75. The van der Waals surface area contributed by atoms with Gasteiger partial charge < -0.3 is 31.8 Å². The Morgan fingerprint density at radius 3 is 1.94 bits per heavy atom. The molecule has 2 aromatic rings. The predicted molar refractivity (Wildman–Crippen MR) is 135 cm³/mol. The fraction of sp³-hybridized carbons (Fsp3) is 0.571. The van der Waals surface area contributed by atoms with Crippen molar-refractivity contribution in [3.8, 4) is 5.75 Å². The van der Waals surface area contributed by atoms with Crippen LogP contribution in [0.3, 0.4) is 0 Å². The SMILES string of the molecule is Cc1ccccc1OC(COCC[N+](C)(C)Cc1ccccc1)(CC(C)C)CC(C)C.O.[Cl-]. The zero-order chi connectivity index (χ0) is 22.9. The molecule has 0 heterocycles. The molecule has 0 bridgehead atoms. The van der Waals surface area contributed by atoms with E-state index in [1.807, 2.05) is 0 Å². The van der Waals surface area contributed by atoms with Crippen LogP contribution in [0.1, 0.15) is 51.7 Å². The second-order valence-electron chi connectivity index (χ2n) is 10.6. The lowest BCUT2D eigenvalue weighted by molar-refractivity contribution is -0.904. The van der Waals surface area contributed by atoms with Crippen LogP contribution in [0.15, 0.2) is 54.6 Å². The van der Waals surface area contributed by atoms with Crippen molar-refractivity contribution in [2.75, 3.05) is 33.9 Å². The highest BCUT2D eigenvalue weighted by molar-refractivity contribution is 5.32. The molecule has 0 radical (unpaired) electrons. The molecule has 0 fully saturated rings. The number of para-hydroxylation sites is 1. The summed E-state index contributed by atoms with van der Waals surface area (Å²) < 4.78 is 14.0. The standard InChI is InChI=1S/C28H44NO2.ClH.H2O/c1-23(2)19-28(20-24(3)4,31-27-16-12-11-13-25(27)5)22-30-18-17-29(6,7)21-26-14-9-8-10-15-26;;/h8-16,23-24H,17-22H2,1-7H3;1H;1H2/q+1;;/p-1. The molecule has 33 heavy (non-hydrogen) atoms. The van der Waals surface area contributed by atoms with Crippen LogP contribution in [-0.2, 0) is 11.3 Å². The minimum absolute atomic E-state index is 0. The molecule has 2 N–H and O–H groups in total. The lowest BCUT2D eigenvalue weighted by Gasteiger charge is -2.38. The molecule has 0 atom stereocenters. The van der Waals surface area contributed by atoms with Crippen molar-refractivity contribution in [3.05, 3.63) is 65.7 Å². The molecule has 0 amide bonds. The number of halogens is 1. The van der Waals surface area contributed by atoms with E-state index in [0.717, 1.165) is 42.8 Å². The molecule has 0 aliphatic carbocycles. The van der Waals surface area contributed by atoms with Crippen molar-refractivity contribution in [2.45, 2.75) is 59.6 Å². The van der Waals surface area contributed by atoms with Crippen molar-refractivity contribution in [2.24, 2.45) is 11.8 Å². The first-order valence-corrected chi connectivity index (χ1v) is 11.8. The number of quaternary nitrogens is 1. The fourth-order valence-electron chi connectivity index (χ4n) is 4.43. The van der Waals surface area contributed by atoms with Gasteiger partial charge >= 0.3 is 0 Å². The van der Waals surface area contributed by atoms with E-state index in [2.05, 4.69) is 103 Å². The number of nitrogens with zero attached hydrogens (tertiary/aromatic N) is 1. The molecule has 5 heteroatoms. The van der Waals surface area contributed by atoms with E-state index < -0.39 is 0 Å². The maximum atomic E-state index is 6.75. The van der Waals surface area contributed by atoms with E-state index in [-0.39, 0.29) is 23.5 Å². The van der Waals surface area contributed by atoms with Gasteiger partial charge in [0, 0.05) is 5.56 Å². The second-order valence-corrected chi connectivity index (χ2v) is 10.6. The molecule has 0 saturated carbocycles. The zero-order valence-corrected chi connectivity index (χ0v) is 22.5. The van der Waals surface area contributed by atoms with Crippen molar-refractivity contribution in [3.63, 3.8) is 0 Å². The van der Waals surface area contributed by atoms with Crippen LogP contribution in [0.2, 0.25) is 0 Å². The van der Waals surface area contributed by atoms with E-state index in [0.29, 0.717) is 18.4 Å². The Hall–Kier alpha value is -1.59. The van der Waals surface area contributed by atoms with E-state index in [4.69, 9.17) is 9.47 Å². The molecule has 188 valence electrons. The third-order valence-electron chi connectivity index (χ3n) is 5.64. The quantitative estimate of drug-likeness (QED) is 0.327. The van der Waals surface area contributed by atoms with Gasteiger partial charge in [0.25, 0.3) is 0 Å². The van der Waals surface area contributed by atoms with E-state index >= 15 is 0 Å². The molecule has 0 unspecified atom stereocenters. The Morgan fingerprint density at radius 2 is 1.39 bits per heavy atom. The molecule has 4 nitrogen and oxygen atoms in total. The van der Waals surface area contributed by atoms with Crippen LogP contribution >= 0.6 is 0 Å². The first-order valence-electron chi connectivity index (χ1n) is 11.8. The van der Waals surface area contributed by atoms with Crippen LogP contribution in [0.5, 0.6) is 5.75 Å². The molecule has 0 aliphatic rings. The van der Waals surface area contributed by atoms with Gasteiger partial charge in [0.05, 0.1) is 27.3 Å². The van der Waals surface area contributed by atoms with Crippen molar-refractivity contribution < 1.29 is 31.8 Å². The Kier molecular flexibility index (Phi) is 13.9. The van der Waals surface area contributed by atoms with Gasteiger partial charge in [-0.25, -0.2) is 0 Å². The van der Waals surface area contributed by atoms with E-state index in [1.54, 1.807) is 0 Å². The highest BCUT2D eigenvalue weighted by atomic mass is 35.5. The molecule has 0 spiro atoms. The van der Waals surface area contributed by atoms with Crippen LogP contribution in [-0.4, -0.2) is 49.4 Å². The second kappa shape index (κ2) is 14.6. The average Bonchev–Trinajstić information content (AvgIpc) is 2.66. The Morgan fingerprint density at radius 1 is 0.848 bits per heavy atom. The molecule has 0 aliphatic heterocycles. The smallest absolute Gasteiger partial charge is 0.133 e. The van der Waals surface area contributed by atoms with E-state index in [1.165, 1.54) is 11.1 Å². The summed E-state index contributed by atoms with van der Waals surface area (Å²) in [5.41, 5.74) is 2.25. The van der Waals surface area contributed by atoms with Gasteiger partial charge in [-0.2, -0.15) is 0 Å². The summed E-state index contributed by atoms with van der Waals surface area (Å²) in [4.78, 5) is 0. The maximum Gasteiger partial charge on any atom is 0.133 e. The predicted octanol–water partition coefficient (Wildman–Crippen LogP) is 2.68. The summed E-state index contributed by atoms with van der Waals surface area (Å²) >= 11 is 0. The summed E-state index contributed by atoms with van der Waals surface area (Å²) in [5, 5.41) is 0. The van der Waals surface area contributed by atoms with Gasteiger partial charge in [-0.15, -0.1) is 0 Å². The third kappa shape index (κ3) is 11.4. The van der Waals surface area contributed by atoms with Gasteiger partial charge in [-0.1, -0.05) is 76.2 Å². The molecule has 0 saturated heterocycles. The van der Waals surface area contributed by atoms with Crippen molar-refractivity contribution >= 4 is 0 Å². The first kappa shape index (κ1) is 31.4. The van der Waals surface area contributed by atoms with Gasteiger partial charge in [-0.3, -0.25) is 0 Å². The Labute approximate surface area is 208 Å². The summed E-state index contributed by atoms with van der Waals surface area (Å²) in [6.45, 7) is 14.6. The number of hydrogen-bond acceptors (Lipinski definition) is 2. The monoisotopic (exact) mass is 479 g/mol. The van der Waals surface area contributed by atoms with Crippen molar-refractivity contribution in [1.29, 1.82) is 0 Å². The van der Waals surface area contributed by atoms with Crippen LogP contribution < -0.4 is 17.1 Å². The van der Waals surface area contributed by atoms with Crippen LogP contribution in [0.4, 0.5) is 0 Å². The number of ether oxygens (including phenoxy) is 2. The molecule has 2 rings (SSSR count). The molecular weight excluding hydrogens is 434 g/mol. The lowest BCUT2D eigenvalue weighted by Crippen LogP contribution is -3.00. The van der Waals surface area contributed by atoms with Crippen LogP contribution in [0, 0.1) is 18.8 Å². The summed E-state index contributed by atoms with van der Waals surface area (Å²) in [6, 6.07) is 19.0. The molecule has 0 aromatic heterocycles. The van der Waals surface area contributed by atoms with Gasteiger partial charge in [0.2, 0.25) is 0 Å². The molecular formula is C28H46ClNO3. The summed E-state index contributed by atoms with van der Waals surface area (Å²) in [5.74, 6) is 2.06. The number of benzene rings is 2. The highest BCUT2D eigenvalue weighted by Crippen LogP contribution is 2.33. The summed E-state index contributed by atoms with van der Waals surface area (Å²) in [6.07, 6.45) is 1.98. The Balaban J connectivity index is 0.00000512. The third-order valence-corrected chi connectivity index (χ3v) is 5.64. The average molecular weight is 480 g/mol.